The normalized spacial score (nSPS) is 25.2. The molecular weight excluding hydrogens is 247 g/mol. The Bertz CT molecular complexity index is 364. The number of carbonyl (C=O) groups is 1. The highest BCUT2D eigenvalue weighted by atomic mass is 19.4. The van der Waals surface area contributed by atoms with Gasteiger partial charge in [0.15, 0.2) is 0 Å². The molecule has 0 aliphatic heterocycles. The molecule has 2 aliphatic rings. The second-order valence-electron chi connectivity index (χ2n) is 6.26. The second kappa shape index (κ2) is 3.62. The smallest absolute Gasteiger partial charge is 0.451 e. The molecule has 0 radical (unpaired) electrons. The Hall–Kier alpha value is -0.780. The van der Waals surface area contributed by atoms with Crippen molar-refractivity contribution in [3.63, 3.8) is 0 Å². The predicted octanol–water partition coefficient (Wildman–Crippen LogP) is 2.53. The zero-order chi connectivity index (χ0) is 13.8. The molecule has 0 unspecified atom stereocenters. The number of carbonyl (C=O) groups excluding carboxylic acids is 1. The molecule has 0 saturated heterocycles. The molecule has 2 fully saturated rings. The summed E-state index contributed by atoms with van der Waals surface area (Å²) in [5, 5.41) is 0. The standard InChI is InChI=1S/C12H18F3NO2/c1-9(2,18-8(17)12(13,14)15)11(16)6-10(7-11)4-3-5-10/h3-7,16H2,1-2H3. The molecule has 1 spiro atoms. The van der Waals surface area contributed by atoms with Crippen LogP contribution in [0.15, 0.2) is 0 Å². The van der Waals surface area contributed by atoms with Crippen LogP contribution in [-0.2, 0) is 9.53 Å². The molecule has 2 saturated carbocycles. The Labute approximate surface area is 104 Å². The zero-order valence-corrected chi connectivity index (χ0v) is 10.6. The van der Waals surface area contributed by atoms with Gasteiger partial charge in [0.2, 0.25) is 0 Å². The van der Waals surface area contributed by atoms with Gasteiger partial charge in [-0.05, 0) is 44.9 Å². The van der Waals surface area contributed by atoms with E-state index in [1.165, 1.54) is 13.8 Å². The summed E-state index contributed by atoms with van der Waals surface area (Å²) in [6, 6.07) is 0. The minimum Gasteiger partial charge on any atom is -0.451 e. The van der Waals surface area contributed by atoms with Gasteiger partial charge < -0.3 is 10.5 Å². The van der Waals surface area contributed by atoms with Crippen LogP contribution in [0.25, 0.3) is 0 Å². The lowest BCUT2D eigenvalue weighted by atomic mass is 9.45. The molecule has 6 heteroatoms. The molecule has 0 atom stereocenters. The lowest BCUT2D eigenvalue weighted by Gasteiger charge is -2.63. The summed E-state index contributed by atoms with van der Waals surface area (Å²) in [6.07, 6.45) is -0.384. The van der Waals surface area contributed by atoms with Gasteiger partial charge in [-0.15, -0.1) is 0 Å². The molecule has 18 heavy (non-hydrogen) atoms. The lowest BCUT2D eigenvalue weighted by Crippen LogP contribution is -2.71. The first-order valence-corrected chi connectivity index (χ1v) is 6.09. The minimum absolute atomic E-state index is 0.205. The van der Waals surface area contributed by atoms with Crippen LogP contribution in [0.1, 0.15) is 46.0 Å². The van der Waals surface area contributed by atoms with Crippen molar-refractivity contribution in [2.75, 3.05) is 0 Å². The third-order valence-corrected chi connectivity index (χ3v) is 4.57. The van der Waals surface area contributed by atoms with E-state index in [1.54, 1.807) is 0 Å². The first-order chi connectivity index (χ1) is 8.00. The van der Waals surface area contributed by atoms with Crippen molar-refractivity contribution in [3.8, 4) is 0 Å². The highest BCUT2D eigenvalue weighted by molar-refractivity contribution is 5.76. The molecule has 104 valence electrons. The van der Waals surface area contributed by atoms with Crippen LogP contribution >= 0.6 is 0 Å². The van der Waals surface area contributed by atoms with Crippen molar-refractivity contribution in [1.82, 2.24) is 0 Å². The topological polar surface area (TPSA) is 52.3 Å². The number of halogens is 3. The molecule has 0 aromatic carbocycles. The van der Waals surface area contributed by atoms with E-state index >= 15 is 0 Å². The van der Waals surface area contributed by atoms with Gasteiger partial charge in [-0.2, -0.15) is 13.2 Å². The number of hydrogen-bond donors (Lipinski definition) is 1. The van der Waals surface area contributed by atoms with Crippen molar-refractivity contribution >= 4 is 5.97 Å². The van der Waals surface area contributed by atoms with Crippen LogP contribution in [0, 0.1) is 5.41 Å². The first kappa shape index (κ1) is 13.6. The summed E-state index contributed by atoms with van der Waals surface area (Å²) in [5.41, 5.74) is 4.19. The Kier molecular flexibility index (Phi) is 2.74. The lowest BCUT2D eigenvalue weighted by molar-refractivity contribution is -0.227. The van der Waals surface area contributed by atoms with Crippen LogP contribution in [0.3, 0.4) is 0 Å². The molecular formula is C12H18F3NO2. The molecule has 2 rings (SSSR count). The van der Waals surface area contributed by atoms with Gasteiger partial charge >= 0.3 is 12.1 Å². The Morgan fingerprint density at radius 3 is 2.06 bits per heavy atom. The van der Waals surface area contributed by atoms with E-state index in [9.17, 15) is 18.0 Å². The average Bonchev–Trinajstić information content (AvgIpc) is 2.06. The molecule has 2 aliphatic carbocycles. The Balaban J connectivity index is 2.01. The van der Waals surface area contributed by atoms with Crippen LogP contribution in [-0.4, -0.2) is 23.3 Å². The van der Waals surface area contributed by atoms with Crippen molar-refractivity contribution in [2.24, 2.45) is 11.1 Å². The van der Waals surface area contributed by atoms with Gasteiger partial charge in [0.1, 0.15) is 5.60 Å². The number of esters is 1. The highest BCUT2D eigenvalue weighted by Crippen LogP contribution is 2.62. The number of nitrogens with two attached hydrogens (primary N) is 1. The van der Waals surface area contributed by atoms with E-state index in [0.717, 1.165) is 19.3 Å². The summed E-state index contributed by atoms with van der Waals surface area (Å²) in [5.74, 6) is -2.16. The summed E-state index contributed by atoms with van der Waals surface area (Å²) >= 11 is 0. The molecule has 0 aromatic heterocycles. The maximum absolute atomic E-state index is 12.2. The summed E-state index contributed by atoms with van der Waals surface area (Å²) < 4.78 is 41.2. The summed E-state index contributed by atoms with van der Waals surface area (Å²) in [7, 11) is 0. The maximum Gasteiger partial charge on any atom is 0.490 e. The van der Waals surface area contributed by atoms with Crippen LogP contribution < -0.4 is 5.73 Å². The van der Waals surface area contributed by atoms with Crippen molar-refractivity contribution in [1.29, 1.82) is 0 Å². The zero-order valence-electron chi connectivity index (χ0n) is 10.6. The average molecular weight is 265 g/mol. The SMILES string of the molecule is CC(C)(OC(=O)C(F)(F)F)C1(N)CC2(CCC2)C1. The van der Waals surface area contributed by atoms with E-state index in [0.29, 0.717) is 12.8 Å². The third kappa shape index (κ3) is 2.00. The monoisotopic (exact) mass is 265 g/mol. The van der Waals surface area contributed by atoms with Gasteiger partial charge in [-0.1, -0.05) is 6.42 Å². The third-order valence-electron chi connectivity index (χ3n) is 4.57. The molecule has 0 aromatic rings. The van der Waals surface area contributed by atoms with Crippen molar-refractivity contribution in [2.45, 2.75) is 63.3 Å². The molecule has 0 heterocycles. The Morgan fingerprint density at radius 2 is 1.72 bits per heavy atom. The fraction of sp³-hybridized carbons (Fsp3) is 0.917. The minimum atomic E-state index is -4.97. The van der Waals surface area contributed by atoms with Crippen molar-refractivity contribution < 1.29 is 22.7 Å². The fourth-order valence-electron chi connectivity index (χ4n) is 3.13. The predicted molar refractivity (Wildman–Crippen MR) is 58.7 cm³/mol. The molecule has 3 nitrogen and oxygen atoms in total. The number of alkyl halides is 3. The van der Waals surface area contributed by atoms with E-state index in [4.69, 9.17) is 5.73 Å². The number of hydrogen-bond acceptors (Lipinski definition) is 3. The van der Waals surface area contributed by atoms with Gasteiger partial charge in [0.25, 0.3) is 0 Å². The summed E-state index contributed by atoms with van der Waals surface area (Å²) in [6.45, 7) is 2.92. The van der Waals surface area contributed by atoms with E-state index in [1.807, 2.05) is 0 Å². The van der Waals surface area contributed by atoms with Crippen molar-refractivity contribution in [3.05, 3.63) is 0 Å². The van der Waals surface area contributed by atoms with Crippen LogP contribution in [0.4, 0.5) is 13.2 Å². The Morgan fingerprint density at radius 1 is 1.22 bits per heavy atom. The molecule has 2 N–H and O–H groups in total. The molecule has 0 amide bonds. The second-order valence-corrected chi connectivity index (χ2v) is 6.26. The number of rotatable bonds is 2. The van der Waals surface area contributed by atoms with Crippen LogP contribution in [0.5, 0.6) is 0 Å². The molecule has 0 bridgehead atoms. The van der Waals surface area contributed by atoms with Gasteiger partial charge in [0.05, 0.1) is 5.54 Å². The van der Waals surface area contributed by atoms with E-state index in [-0.39, 0.29) is 5.41 Å². The number of ether oxygens (including phenoxy) is 1. The van der Waals surface area contributed by atoms with Crippen LogP contribution in [0.2, 0.25) is 0 Å². The highest BCUT2D eigenvalue weighted by Gasteiger charge is 2.63. The quantitative estimate of drug-likeness (QED) is 0.780. The van der Waals surface area contributed by atoms with E-state index in [2.05, 4.69) is 4.74 Å². The van der Waals surface area contributed by atoms with Gasteiger partial charge in [0, 0.05) is 0 Å². The van der Waals surface area contributed by atoms with Gasteiger partial charge in [-0.3, -0.25) is 0 Å². The summed E-state index contributed by atoms with van der Waals surface area (Å²) in [4.78, 5) is 10.9. The maximum atomic E-state index is 12.2. The fourth-order valence-corrected chi connectivity index (χ4v) is 3.13. The van der Waals surface area contributed by atoms with E-state index < -0.39 is 23.3 Å². The first-order valence-electron chi connectivity index (χ1n) is 6.09. The largest absolute Gasteiger partial charge is 0.490 e. The van der Waals surface area contributed by atoms with Gasteiger partial charge in [-0.25, -0.2) is 4.79 Å².